The van der Waals surface area contributed by atoms with Crippen LogP contribution in [0.2, 0.25) is 0 Å². The molecular weight excluding hydrogens is 214 g/mol. The van der Waals surface area contributed by atoms with Crippen LogP contribution in [0.3, 0.4) is 0 Å². The minimum absolute atomic E-state index is 0.0201. The van der Waals surface area contributed by atoms with Crippen molar-refractivity contribution >= 4 is 5.91 Å². The molecule has 0 saturated heterocycles. The zero-order chi connectivity index (χ0) is 12.3. The van der Waals surface area contributed by atoms with Gasteiger partial charge in [0.15, 0.2) is 0 Å². The molecule has 3 nitrogen and oxygen atoms in total. The molecule has 2 atom stereocenters. The Hall–Kier alpha value is -1.51. The maximum atomic E-state index is 12.0. The number of methoxy groups -OCH3 is 1. The molecule has 1 aromatic carbocycles. The summed E-state index contributed by atoms with van der Waals surface area (Å²) >= 11 is 0. The lowest BCUT2D eigenvalue weighted by Crippen LogP contribution is -2.32. The Balaban J connectivity index is 1.94. The molecule has 1 aliphatic carbocycles. The van der Waals surface area contributed by atoms with Gasteiger partial charge in [0.1, 0.15) is 5.75 Å². The zero-order valence-corrected chi connectivity index (χ0v) is 10.4. The lowest BCUT2D eigenvalue weighted by atomic mass is 10.1. The van der Waals surface area contributed by atoms with Crippen LogP contribution in [0.5, 0.6) is 5.75 Å². The van der Waals surface area contributed by atoms with Crippen LogP contribution < -0.4 is 10.1 Å². The van der Waals surface area contributed by atoms with E-state index in [0.717, 1.165) is 24.5 Å². The molecule has 92 valence electrons. The lowest BCUT2D eigenvalue weighted by molar-refractivity contribution is 0.0937. The molecule has 17 heavy (non-hydrogen) atoms. The largest absolute Gasteiger partial charge is 0.497 e. The molecule has 1 N–H and O–H groups in total. The monoisotopic (exact) mass is 233 g/mol. The predicted molar refractivity (Wildman–Crippen MR) is 67.3 cm³/mol. The Bertz CT molecular complexity index is 386. The van der Waals surface area contributed by atoms with Crippen molar-refractivity contribution in [2.24, 2.45) is 5.92 Å². The van der Waals surface area contributed by atoms with Gasteiger partial charge in [0.25, 0.3) is 5.91 Å². The smallest absolute Gasteiger partial charge is 0.251 e. The van der Waals surface area contributed by atoms with Crippen molar-refractivity contribution in [2.75, 3.05) is 7.11 Å². The molecule has 0 aliphatic heterocycles. The van der Waals surface area contributed by atoms with E-state index in [9.17, 15) is 4.79 Å². The third-order valence-electron chi connectivity index (χ3n) is 3.38. The summed E-state index contributed by atoms with van der Waals surface area (Å²) in [5, 5.41) is 3.08. The first-order valence-electron chi connectivity index (χ1n) is 6.14. The molecule has 0 radical (unpaired) electrons. The molecule has 1 saturated carbocycles. The molecule has 1 fully saturated rings. The van der Waals surface area contributed by atoms with Gasteiger partial charge in [-0.05, 0) is 49.4 Å². The topological polar surface area (TPSA) is 38.3 Å². The van der Waals surface area contributed by atoms with E-state index in [2.05, 4.69) is 12.2 Å². The maximum Gasteiger partial charge on any atom is 0.251 e. The van der Waals surface area contributed by atoms with Gasteiger partial charge in [-0.1, -0.05) is 6.92 Å². The van der Waals surface area contributed by atoms with E-state index < -0.39 is 0 Å². The number of nitrogens with one attached hydrogen (secondary N) is 1. The number of carbonyl (C=O) groups is 1. The second-order valence-corrected chi connectivity index (χ2v) is 4.82. The van der Waals surface area contributed by atoms with Crippen LogP contribution in [0, 0.1) is 5.92 Å². The van der Waals surface area contributed by atoms with Crippen LogP contribution in [0.15, 0.2) is 24.3 Å². The fourth-order valence-corrected chi connectivity index (χ4v) is 2.35. The molecule has 1 amide bonds. The standard InChI is InChI=1S/C14H19NO2/c1-10-3-6-12(9-10)15-14(16)11-4-7-13(17-2)8-5-11/h4-5,7-8,10,12H,3,6,9H2,1-2H3,(H,15,16). The SMILES string of the molecule is COc1ccc(C(=O)NC2CCC(C)C2)cc1. The number of hydrogen-bond donors (Lipinski definition) is 1. The normalized spacial score (nSPS) is 23.4. The van der Waals surface area contributed by atoms with Crippen LogP contribution in [-0.4, -0.2) is 19.1 Å². The van der Waals surface area contributed by atoms with E-state index >= 15 is 0 Å². The van der Waals surface area contributed by atoms with Crippen molar-refractivity contribution in [3.8, 4) is 5.75 Å². The van der Waals surface area contributed by atoms with E-state index in [1.54, 1.807) is 19.2 Å². The van der Waals surface area contributed by atoms with Gasteiger partial charge in [-0.3, -0.25) is 4.79 Å². The summed E-state index contributed by atoms with van der Waals surface area (Å²) < 4.78 is 5.06. The van der Waals surface area contributed by atoms with Crippen molar-refractivity contribution in [2.45, 2.75) is 32.2 Å². The highest BCUT2D eigenvalue weighted by atomic mass is 16.5. The first kappa shape index (κ1) is 12.0. The summed E-state index contributed by atoms with van der Waals surface area (Å²) in [6, 6.07) is 7.57. The van der Waals surface area contributed by atoms with E-state index in [1.165, 1.54) is 6.42 Å². The van der Waals surface area contributed by atoms with E-state index in [1.807, 2.05) is 12.1 Å². The van der Waals surface area contributed by atoms with Crippen LogP contribution in [0.4, 0.5) is 0 Å². The highest BCUT2D eigenvalue weighted by molar-refractivity contribution is 5.94. The number of amides is 1. The van der Waals surface area contributed by atoms with Crippen molar-refractivity contribution in [1.29, 1.82) is 0 Å². The number of carbonyl (C=O) groups excluding carboxylic acids is 1. The summed E-state index contributed by atoms with van der Waals surface area (Å²) in [5.41, 5.74) is 0.699. The first-order chi connectivity index (χ1) is 8.19. The molecule has 0 bridgehead atoms. The molecule has 1 aromatic rings. The second kappa shape index (κ2) is 5.21. The molecular formula is C14H19NO2. The quantitative estimate of drug-likeness (QED) is 0.871. The molecule has 2 rings (SSSR count). The van der Waals surface area contributed by atoms with Gasteiger partial charge in [0, 0.05) is 11.6 Å². The Labute approximate surface area is 102 Å². The van der Waals surface area contributed by atoms with Gasteiger partial charge in [-0.2, -0.15) is 0 Å². The van der Waals surface area contributed by atoms with Crippen LogP contribution in [-0.2, 0) is 0 Å². The Morgan fingerprint density at radius 3 is 2.53 bits per heavy atom. The van der Waals surface area contributed by atoms with Gasteiger partial charge in [-0.25, -0.2) is 0 Å². The Morgan fingerprint density at radius 1 is 1.29 bits per heavy atom. The maximum absolute atomic E-state index is 12.0. The summed E-state index contributed by atoms with van der Waals surface area (Å²) in [4.78, 5) is 12.0. The molecule has 0 heterocycles. The summed E-state index contributed by atoms with van der Waals surface area (Å²) in [5.74, 6) is 1.53. The van der Waals surface area contributed by atoms with E-state index in [4.69, 9.17) is 4.74 Å². The molecule has 2 unspecified atom stereocenters. The fourth-order valence-electron chi connectivity index (χ4n) is 2.35. The highest BCUT2D eigenvalue weighted by Crippen LogP contribution is 2.24. The van der Waals surface area contributed by atoms with Crippen LogP contribution in [0.25, 0.3) is 0 Å². The van der Waals surface area contributed by atoms with E-state index in [-0.39, 0.29) is 5.91 Å². The zero-order valence-electron chi connectivity index (χ0n) is 10.4. The Morgan fingerprint density at radius 2 is 2.00 bits per heavy atom. The molecule has 1 aliphatic rings. The predicted octanol–water partition coefficient (Wildman–Crippen LogP) is 2.61. The van der Waals surface area contributed by atoms with Crippen molar-refractivity contribution < 1.29 is 9.53 Å². The number of ether oxygens (including phenoxy) is 1. The minimum atomic E-state index is 0.0201. The minimum Gasteiger partial charge on any atom is -0.497 e. The van der Waals surface area contributed by atoms with Gasteiger partial charge in [0.2, 0.25) is 0 Å². The summed E-state index contributed by atoms with van der Waals surface area (Å²) in [6.45, 7) is 2.24. The summed E-state index contributed by atoms with van der Waals surface area (Å²) in [6.07, 6.45) is 3.42. The van der Waals surface area contributed by atoms with E-state index in [0.29, 0.717) is 11.6 Å². The number of rotatable bonds is 3. The highest BCUT2D eigenvalue weighted by Gasteiger charge is 2.22. The number of hydrogen-bond acceptors (Lipinski definition) is 2. The lowest BCUT2D eigenvalue weighted by Gasteiger charge is -2.12. The van der Waals surface area contributed by atoms with Crippen LogP contribution >= 0.6 is 0 Å². The average Bonchev–Trinajstić information content (AvgIpc) is 2.75. The van der Waals surface area contributed by atoms with Gasteiger partial charge >= 0.3 is 0 Å². The number of benzene rings is 1. The van der Waals surface area contributed by atoms with Crippen molar-refractivity contribution in [1.82, 2.24) is 5.32 Å². The van der Waals surface area contributed by atoms with Crippen molar-refractivity contribution in [3.63, 3.8) is 0 Å². The van der Waals surface area contributed by atoms with Crippen molar-refractivity contribution in [3.05, 3.63) is 29.8 Å². The third-order valence-corrected chi connectivity index (χ3v) is 3.38. The van der Waals surface area contributed by atoms with Crippen LogP contribution in [0.1, 0.15) is 36.5 Å². The third kappa shape index (κ3) is 2.99. The molecule has 3 heteroatoms. The average molecular weight is 233 g/mol. The van der Waals surface area contributed by atoms with Gasteiger partial charge in [0.05, 0.1) is 7.11 Å². The fraction of sp³-hybridized carbons (Fsp3) is 0.500. The van der Waals surface area contributed by atoms with Gasteiger partial charge in [-0.15, -0.1) is 0 Å². The second-order valence-electron chi connectivity index (χ2n) is 4.82. The summed E-state index contributed by atoms with van der Waals surface area (Å²) in [7, 11) is 1.62. The first-order valence-corrected chi connectivity index (χ1v) is 6.14. The van der Waals surface area contributed by atoms with Gasteiger partial charge < -0.3 is 10.1 Å². The molecule has 0 aromatic heterocycles. The Kier molecular flexibility index (Phi) is 3.67. The molecule has 0 spiro atoms.